The Hall–Kier alpha value is -5.30. The molecule has 0 saturated carbocycles. The van der Waals surface area contributed by atoms with E-state index in [1.165, 1.54) is 12.3 Å². The molecule has 216 valence electrons. The van der Waals surface area contributed by atoms with Gasteiger partial charge in [-0.3, -0.25) is 14.5 Å². The van der Waals surface area contributed by atoms with Crippen LogP contribution in [0.25, 0.3) is 28.0 Å². The number of sulfonamides is 1. The molecule has 4 aromatic heterocycles. The summed E-state index contributed by atoms with van der Waals surface area (Å²) in [6.07, 6.45) is 10.2. The molecular weight excluding hydrogens is 581 g/mol. The summed E-state index contributed by atoms with van der Waals surface area (Å²) in [7, 11) is -4.45. The molecule has 0 fully saturated rings. The van der Waals surface area contributed by atoms with Crippen LogP contribution in [0.5, 0.6) is 0 Å². The number of fused-ring (bicyclic) bond motifs is 1. The lowest BCUT2D eigenvalue weighted by Crippen LogP contribution is -2.16. The molecule has 6 aromatic rings. The highest BCUT2D eigenvalue weighted by Gasteiger charge is 2.27. The van der Waals surface area contributed by atoms with E-state index in [9.17, 15) is 22.0 Å². The number of nitrogens with one attached hydrogen (secondary N) is 2. The molecule has 0 aliphatic rings. The molecule has 0 amide bonds. The second kappa shape index (κ2) is 10.8. The first-order valence-corrected chi connectivity index (χ1v) is 14.4. The van der Waals surface area contributed by atoms with E-state index in [0.717, 1.165) is 41.6 Å². The highest BCUT2D eigenvalue weighted by Crippen LogP contribution is 2.31. The monoisotopic (exact) mass is 602 g/mol. The van der Waals surface area contributed by atoms with Crippen LogP contribution >= 0.6 is 0 Å². The number of hydrogen-bond acceptors (Lipinski definition) is 6. The second-order valence-corrected chi connectivity index (χ2v) is 11.2. The first kappa shape index (κ1) is 27.8. The molecule has 0 aliphatic heterocycles. The molecule has 0 spiro atoms. The van der Waals surface area contributed by atoms with Gasteiger partial charge in [0.15, 0.2) is 11.6 Å². The zero-order valence-electron chi connectivity index (χ0n) is 22.3. The maximum absolute atomic E-state index is 15.6. The number of anilines is 1. The Morgan fingerprint density at radius 2 is 1.84 bits per heavy atom. The van der Waals surface area contributed by atoms with Gasteiger partial charge in [-0.1, -0.05) is 13.0 Å². The molecule has 2 aromatic carbocycles. The molecule has 13 heteroatoms. The zero-order chi connectivity index (χ0) is 30.3. The summed E-state index contributed by atoms with van der Waals surface area (Å²) in [5.41, 5.74) is 0.940. The lowest BCUT2D eigenvalue weighted by Gasteiger charge is -2.12. The van der Waals surface area contributed by atoms with Crippen molar-refractivity contribution in [2.24, 2.45) is 0 Å². The largest absolute Gasteiger partial charge is 0.345 e. The molecule has 6 rings (SSSR count). The lowest BCUT2D eigenvalue weighted by molar-refractivity contribution is 0.103. The van der Waals surface area contributed by atoms with E-state index in [0.29, 0.717) is 28.8 Å². The second-order valence-electron chi connectivity index (χ2n) is 9.51. The Bertz CT molecular complexity index is 2130. The minimum Gasteiger partial charge on any atom is -0.345 e. The first-order chi connectivity index (χ1) is 20.7. The highest BCUT2D eigenvalue weighted by atomic mass is 32.2. The maximum atomic E-state index is 15.6. The summed E-state index contributed by atoms with van der Waals surface area (Å²) < 4.78 is 73.5. The van der Waals surface area contributed by atoms with Crippen LogP contribution in [-0.2, 0) is 16.4 Å². The third-order valence-corrected chi connectivity index (χ3v) is 8.20. The fourth-order valence-corrected chi connectivity index (χ4v) is 5.82. The third-order valence-electron chi connectivity index (χ3n) is 6.84. The van der Waals surface area contributed by atoms with Crippen molar-refractivity contribution < 1.29 is 26.4 Å². The van der Waals surface area contributed by atoms with Crippen molar-refractivity contribution in [3.63, 3.8) is 0 Å². The van der Waals surface area contributed by atoms with E-state index in [1.54, 1.807) is 30.9 Å². The lowest BCUT2D eigenvalue weighted by atomic mass is 10.0. The van der Waals surface area contributed by atoms with Crippen LogP contribution in [0.3, 0.4) is 0 Å². The predicted octanol–water partition coefficient (Wildman–Crippen LogP) is 5.82. The van der Waals surface area contributed by atoms with Gasteiger partial charge >= 0.3 is 0 Å². The van der Waals surface area contributed by atoms with Crippen molar-refractivity contribution in [3.05, 3.63) is 120 Å². The average Bonchev–Trinajstić information content (AvgIpc) is 3.63. The van der Waals surface area contributed by atoms with Crippen LogP contribution < -0.4 is 4.72 Å². The predicted molar refractivity (Wildman–Crippen MR) is 153 cm³/mol. The summed E-state index contributed by atoms with van der Waals surface area (Å²) in [6.45, 7) is 1.99. The van der Waals surface area contributed by atoms with Gasteiger partial charge < -0.3 is 9.55 Å². The molecule has 0 atom stereocenters. The van der Waals surface area contributed by atoms with Crippen molar-refractivity contribution in [2.75, 3.05) is 4.72 Å². The zero-order valence-corrected chi connectivity index (χ0v) is 23.2. The van der Waals surface area contributed by atoms with Crippen molar-refractivity contribution >= 4 is 32.5 Å². The van der Waals surface area contributed by atoms with Gasteiger partial charge in [0.1, 0.15) is 17.3 Å². The number of aromatic nitrogens is 5. The topological polar surface area (TPSA) is 123 Å². The maximum Gasteiger partial charge on any atom is 0.262 e. The van der Waals surface area contributed by atoms with E-state index < -0.39 is 49.4 Å². The summed E-state index contributed by atoms with van der Waals surface area (Å²) in [4.78, 5) is 28.8. The number of H-pyrrole nitrogens is 1. The van der Waals surface area contributed by atoms with Gasteiger partial charge in [0.05, 0.1) is 22.3 Å². The summed E-state index contributed by atoms with van der Waals surface area (Å²) in [5, 5.41) is 0.303. The first-order valence-electron chi connectivity index (χ1n) is 12.9. The van der Waals surface area contributed by atoms with Gasteiger partial charge in [0.25, 0.3) is 10.0 Å². The Morgan fingerprint density at radius 3 is 2.58 bits per heavy atom. The minimum atomic E-state index is -4.45. The molecule has 0 aliphatic carbocycles. The molecule has 0 saturated heterocycles. The minimum absolute atomic E-state index is 0.0728. The molecule has 0 bridgehead atoms. The fraction of sp³-hybridized carbons (Fsp3) is 0.0667. The fourth-order valence-electron chi connectivity index (χ4n) is 4.73. The Kier molecular flexibility index (Phi) is 7.02. The van der Waals surface area contributed by atoms with Crippen LogP contribution in [0.4, 0.5) is 18.9 Å². The summed E-state index contributed by atoms with van der Waals surface area (Å²) >= 11 is 0. The normalized spacial score (nSPS) is 11.6. The number of halogens is 3. The highest BCUT2D eigenvalue weighted by molar-refractivity contribution is 7.92. The number of carbonyl (C=O) groups is 1. The van der Waals surface area contributed by atoms with Crippen LogP contribution in [0.1, 0.15) is 28.5 Å². The smallest absolute Gasteiger partial charge is 0.262 e. The van der Waals surface area contributed by atoms with Crippen molar-refractivity contribution in [3.8, 4) is 16.9 Å². The number of rotatable bonds is 8. The number of aromatic amines is 1. The Morgan fingerprint density at radius 1 is 1.00 bits per heavy atom. The summed E-state index contributed by atoms with van der Waals surface area (Å²) in [5.74, 6) is -3.84. The van der Waals surface area contributed by atoms with E-state index in [1.807, 2.05) is 28.5 Å². The number of nitrogens with zero attached hydrogens (tertiary/aromatic N) is 4. The number of hydrogen-bond donors (Lipinski definition) is 2. The molecule has 4 heterocycles. The van der Waals surface area contributed by atoms with Crippen LogP contribution in [0.2, 0.25) is 0 Å². The van der Waals surface area contributed by atoms with Gasteiger partial charge in [-0.15, -0.1) is 0 Å². The quantitative estimate of drug-likeness (QED) is 0.212. The number of pyridine rings is 1. The molecular formula is C30H21F3N6O3S. The van der Waals surface area contributed by atoms with Crippen LogP contribution in [-0.4, -0.2) is 38.7 Å². The van der Waals surface area contributed by atoms with Gasteiger partial charge in [-0.05, 0) is 48.9 Å². The van der Waals surface area contributed by atoms with Crippen LogP contribution in [0, 0.1) is 17.5 Å². The van der Waals surface area contributed by atoms with Crippen LogP contribution in [0.15, 0.2) is 90.6 Å². The van der Waals surface area contributed by atoms with Gasteiger partial charge in [-0.25, -0.2) is 31.6 Å². The summed E-state index contributed by atoms with van der Waals surface area (Å²) in [6, 6.07) is 9.32. The van der Waals surface area contributed by atoms with Gasteiger partial charge in [0.2, 0.25) is 5.78 Å². The van der Waals surface area contributed by atoms with Crippen molar-refractivity contribution in [1.29, 1.82) is 0 Å². The van der Waals surface area contributed by atoms with Gasteiger partial charge in [0, 0.05) is 58.8 Å². The average molecular weight is 603 g/mol. The third kappa shape index (κ3) is 5.14. The Balaban J connectivity index is 1.38. The molecule has 0 radical (unpaired) electrons. The molecule has 9 nitrogen and oxygen atoms in total. The number of aryl methyl sites for hydroxylation is 1. The standard InChI is InChI=1S/C30H21F3N6O3S/c1-2-20-10-18(16-39(20)26-15-34-8-9-35-26)17-11-22-23(14-37-30(22)36-13-17)29(40)27-24(32)6-7-25(28(27)33)38-43(41,42)21-5-3-4-19(31)12-21/h3-16,38H,2H2,1H3,(H,36,37). The number of carbonyl (C=O) groups excluding carboxylic acids is 1. The van der Waals surface area contributed by atoms with Crippen molar-refractivity contribution in [2.45, 2.75) is 18.2 Å². The SMILES string of the molecule is CCc1cc(-c2cnc3[nH]cc(C(=O)c4c(F)ccc(NS(=O)(=O)c5cccc(F)c5)c4F)c3c2)cn1-c1cnccn1. The molecule has 2 N–H and O–H groups in total. The Labute approximate surface area is 243 Å². The van der Waals surface area contributed by atoms with Crippen molar-refractivity contribution in [1.82, 2.24) is 24.5 Å². The van der Waals surface area contributed by atoms with E-state index in [4.69, 9.17) is 0 Å². The van der Waals surface area contributed by atoms with E-state index in [-0.39, 0.29) is 5.56 Å². The van der Waals surface area contributed by atoms with E-state index >= 15 is 4.39 Å². The molecule has 0 unspecified atom stereocenters. The number of ketones is 1. The number of benzene rings is 2. The van der Waals surface area contributed by atoms with Gasteiger partial charge in [-0.2, -0.15) is 0 Å². The van der Waals surface area contributed by atoms with E-state index in [2.05, 4.69) is 19.9 Å². The molecule has 43 heavy (non-hydrogen) atoms.